The molecule has 1 aliphatic rings. The van der Waals surface area contributed by atoms with Gasteiger partial charge < -0.3 is 29.9 Å². The monoisotopic (exact) mass is 561 g/mol. The van der Waals surface area contributed by atoms with E-state index in [9.17, 15) is 14.4 Å². The maximum atomic E-state index is 13.5. The summed E-state index contributed by atoms with van der Waals surface area (Å²) in [5, 5.41) is 17.9. The van der Waals surface area contributed by atoms with Crippen LogP contribution in [0.1, 0.15) is 59.5 Å². The Kier molecular flexibility index (Phi) is 8.59. The number of likely N-dealkylation sites (tertiary alicyclic amines) is 1. The fourth-order valence-electron chi connectivity index (χ4n) is 4.60. The normalized spacial score (nSPS) is 14.2. The highest BCUT2D eigenvalue weighted by molar-refractivity contribution is 7.12. The van der Waals surface area contributed by atoms with Gasteiger partial charge >= 0.3 is 0 Å². The molecule has 3 N–H and O–H groups in total. The number of hydrogen-bond acceptors (Lipinski definition) is 7. The lowest BCUT2D eigenvalue weighted by Gasteiger charge is -2.32. The fraction of sp³-hybridized carbons (Fsp3) is 0.462. The minimum atomic E-state index is -0.515. The fourth-order valence-corrected chi connectivity index (χ4v) is 5.64. The van der Waals surface area contributed by atoms with Gasteiger partial charge in [-0.2, -0.15) is 0 Å². The lowest BCUT2D eigenvalue weighted by atomic mass is 10.0. The van der Waals surface area contributed by atoms with Crippen molar-refractivity contribution in [3.8, 4) is 5.75 Å². The molecule has 1 fully saturated rings. The SMILES string of the molecule is CCc1nc2c(cc1NC(=O)c1sccc1Cl)c(OC(C)C)c(C(=O)NC1CCN(C(=O)CO)CC1)n2C. The molecule has 38 heavy (non-hydrogen) atoms. The van der Waals surface area contributed by atoms with Crippen LogP contribution in [0.15, 0.2) is 17.5 Å². The van der Waals surface area contributed by atoms with Gasteiger partial charge in [-0.1, -0.05) is 18.5 Å². The van der Waals surface area contributed by atoms with Gasteiger partial charge in [-0.15, -0.1) is 11.3 Å². The summed E-state index contributed by atoms with van der Waals surface area (Å²) in [6, 6.07) is 3.35. The summed E-state index contributed by atoms with van der Waals surface area (Å²) < 4.78 is 7.86. The van der Waals surface area contributed by atoms with E-state index in [0.717, 1.165) is 0 Å². The predicted molar refractivity (Wildman–Crippen MR) is 147 cm³/mol. The molecule has 0 bridgehead atoms. The highest BCUT2D eigenvalue weighted by Gasteiger charge is 2.29. The molecule has 204 valence electrons. The number of nitrogens with one attached hydrogen (secondary N) is 2. The smallest absolute Gasteiger partial charge is 0.272 e. The van der Waals surface area contributed by atoms with E-state index in [1.54, 1.807) is 34.0 Å². The first-order valence-corrected chi connectivity index (χ1v) is 13.8. The molecule has 0 spiro atoms. The van der Waals surface area contributed by atoms with E-state index in [2.05, 4.69) is 10.6 Å². The summed E-state index contributed by atoms with van der Waals surface area (Å²) in [7, 11) is 1.77. The van der Waals surface area contributed by atoms with Gasteiger partial charge in [-0.3, -0.25) is 14.4 Å². The largest absolute Gasteiger partial charge is 0.488 e. The number of carbonyl (C=O) groups is 3. The van der Waals surface area contributed by atoms with Crippen LogP contribution in [-0.2, 0) is 18.3 Å². The number of ether oxygens (including phenoxy) is 1. The molecule has 0 radical (unpaired) electrons. The van der Waals surface area contributed by atoms with Crippen molar-refractivity contribution in [3.63, 3.8) is 0 Å². The maximum Gasteiger partial charge on any atom is 0.272 e. The standard InChI is InChI=1S/C26H32ClN5O5S/c1-5-18-19(30-26(36)23-17(27)8-11-38-23)12-16-22(37-14(2)3)21(31(4)24(16)29-18)25(35)28-15-6-9-32(10-7-15)20(34)13-33/h8,11-12,14-15,33H,5-7,9-10,13H2,1-4H3,(H,28,35)(H,30,36). The summed E-state index contributed by atoms with van der Waals surface area (Å²) >= 11 is 7.41. The summed E-state index contributed by atoms with van der Waals surface area (Å²) in [4.78, 5) is 45.0. The topological polar surface area (TPSA) is 126 Å². The van der Waals surface area contributed by atoms with Gasteiger partial charge in [0.15, 0.2) is 11.4 Å². The molecular formula is C26H32ClN5O5S. The number of aliphatic hydroxyl groups is 1. The minimum Gasteiger partial charge on any atom is -0.488 e. The van der Waals surface area contributed by atoms with E-state index in [1.165, 1.54) is 11.3 Å². The van der Waals surface area contributed by atoms with Crippen LogP contribution in [0.3, 0.4) is 0 Å². The van der Waals surface area contributed by atoms with Crippen molar-refractivity contribution < 1.29 is 24.2 Å². The number of anilines is 1. The number of hydrogen-bond donors (Lipinski definition) is 3. The van der Waals surface area contributed by atoms with E-state index in [4.69, 9.17) is 26.4 Å². The molecule has 4 heterocycles. The zero-order valence-electron chi connectivity index (χ0n) is 21.8. The van der Waals surface area contributed by atoms with Crippen LogP contribution < -0.4 is 15.4 Å². The first-order chi connectivity index (χ1) is 18.1. The number of aromatic nitrogens is 2. The second-order valence-corrected chi connectivity index (χ2v) is 10.8. The Hall–Kier alpha value is -3.15. The Morgan fingerprint density at radius 1 is 1.26 bits per heavy atom. The zero-order chi connectivity index (χ0) is 27.6. The van der Waals surface area contributed by atoms with Gasteiger partial charge in [0.2, 0.25) is 5.91 Å². The van der Waals surface area contributed by atoms with E-state index in [-0.39, 0.29) is 29.9 Å². The van der Waals surface area contributed by atoms with Gasteiger partial charge in [0, 0.05) is 26.2 Å². The molecule has 4 rings (SSSR count). The molecular weight excluding hydrogens is 530 g/mol. The number of aliphatic hydroxyl groups excluding tert-OH is 1. The summed E-state index contributed by atoms with van der Waals surface area (Å²) in [5.74, 6) is -0.546. The van der Waals surface area contributed by atoms with Crippen LogP contribution in [0, 0.1) is 0 Å². The molecule has 10 nitrogen and oxygen atoms in total. The number of nitrogens with zero attached hydrogens (tertiary/aromatic N) is 3. The number of rotatable bonds is 8. The number of halogens is 1. The Morgan fingerprint density at radius 3 is 2.55 bits per heavy atom. The molecule has 0 saturated carbocycles. The third kappa shape index (κ3) is 5.64. The zero-order valence-corrected chi connectivity index (χ0v) is 23.4. The third-order valence-corrected chi connectivity index (χ3v) is 7.83. The Bertz CT molecular complexity index is 1360. The lowest BCUT2D eigenvalue weighted by molar-refractivity contribution is -0.135. The highest BCUT2D eigenvalue weighted by Crippen LogP contribution is 2.36. The van der Waals surface area contributed by atoms with Crippen LogP contribution in [0.4, 0.5) is 5.69 Å². The Labute approximate surface area is 229 Å². The molecule has 0 aromatic carbocycles. The van der Waals surface area contributed by atoms with Crippen LogP contribution in [0.25, 0.3) is 11.0 Å². The first-order valence-electron chi connectivity index (χ1n) is 12.6. The second-order valence-electron chi connectivity index (χ2n) is 9.45. The molecule has 1 aliphatic heterocycles. The van der Waals surface area contributed by atoms with Gasteiger partial charge in [-0.25, -0.2) is 4.98 Å². The number of fused-ring (bicyclic) bond motifs is 1. The summed E-state index contributed by atoms with van der Waals surface area (Å²) in [6.45, 7) is 6.12. The van der Waals surface area contributed by atoms with Crippen molar-refractivity contribution in [3.05, 3.63) is 38.8 Å². The van der Waals surface area contributed by atoms with E-state index in [0.29, 0.717) is 76.1 Å². The molecule has 12 heteroatoms. The Balaban J connectivity index is 1.67. The summed E-state index contributed by atoms with van der Waals surface area (Å²) in [5.41, 5.74) is 2.10. The number of aryl methyl sites for hydroxylation is 2. The number of piperidine rings is 1. The third-order valence-electron chi connectivity index (χ3n) is 6.49. The quantitative estimate of drug-likeness (QED) is 0.386. The van der Waals surface area contributed by atoms with Crippen LogP contribution >= 0.6 is 22.9 Å². The molecule has 3 amide bonds. The lowest BCUT2D eigenvalue weighted by Crippen LogP contribution is -2.47. The van der Waals surface area contributed by atoms with Crippen molar-refractivity contribution in [1.82, 2.24) is 19.8 Å². The van der Waals surface area contributed by atoms with Gasteiger partial charge in [0.25, 0.3) is 11.8 Å². The second kappa shape index (κ2) is 11.7. The number of amides is 3. The average molecular weight is 562 g/mol. The van der Waals surface area contributed by atoms with E-state index in [1.807, 2.05) is 20.8 Å². The Morgan fingerprint density at radius 2 is 1.97 bits per heavy atom. The van der Waals surface area contributed by atoms with Crippen molar-refractivity contribution in [1.29, 1.82) is 0 Å². The van der Waals surface area contributed by atoms with Gasteiger partial charge in [-0.05, 0) is 50.6 Å². The summed E-state index contributed by atoms with van der Waals surface area (Å²) in [6.07, 6.45) is 1.51. The van der Waals surface area contributed by atoms with Crippen molar-refractivity contribution >= 4 is 57.4 Å². The predicted octanol–water partition coefficient (Wildman–Crippen LogP) is 3.60. The number of thiophene rings is 1. The van der Waals surface area contributed by atoms with Crippen molar-refractivity contribution in [2.75, 3.05) is 25.0 Å². The first kappa shape index (κ1) is 27.9. The van der Waals surface area contributed by atoms with Crippen LogP contribution in [-0.4, -0.2) is 69.1 Å². The molecule has 3 aromatic heterocycles. The number of carbonyl (C=O) groups excluding carboxylic acids is 3. The van der Waals surface area contributed by atoms with Crippen molar-refractivity contribution in [2.45, 2.75) is 52.2 Å². The molecule has 0 atom stereocenters. The maximum absolute atomic E-state index is 13.5. The van der Waals surface area contributed by atoms with Gasteiger partial charge in [0.05, 0.1) is 27.9 Å². The van der Waals surface area contributed by atoms with Gasteiger partial charge in [0.1, 0.15) is 17.1 Å². The number of pyridine rings is 1. The molecule has 3 aromatic rings. The highest BCUT2D eigenvalue weighted by atomic mass is 35.5. The molecule has 0 unspecified atom stereocenters. The molecule has 1 saturated heterocycles. The average Bonchev–Trinajstić information content (AvgIpc) is 3.43. The minimum absolute atomic E-state index is 0.125. The van der Waals surface area contributed by atoms with E-state index < -0.39 is 6.61 Å². The van der Waals surface area contributed by atoms with E-state index >= 15 is 0 Å². The van der Waals surface area contributed by atoms with Crippen LogP contribution in [0.2, 0.25) is 5.02 Å². The van der Waals surface area contributed by atoms with Crippen molar-refractivity contribution in [2.24, 2.45) is 7.05 Å². The molecule has 0 aliphatic carbocycles. The van der Waals surface area contributed by atoms with Crippen LogP contribution in [0.5, 0.6) is 5.75 Å².